The molecule has 0 amide bonds. The van der Waals surface area contributed by atoms with Crippen molar-refractivity contribution in [2.45, 2.75) is 26.0 Å². The fraction of sp³-hybridized carbons (Fsp3) is 0.350. The zero-order chi connectivity index (χ0) is 16.9. The fourth-order valence-electron chi connectivity index (χ4n) is 2.30. The number of benzene rings is 2. The Hall–Kier alpha value is -2.33. The van der Waals surface area contributed by atoms with E-state index < -0.39 is 0 Å². The molecule has 0 spiro atoms. The van der Waals surface area contributed by atoms with Gasteiger partial charge in [0.1, 0.15) is 0 Å². The van der Waals surface area contributed by atoms with Gasteiger partial charge in [-0.2, -0.15) is 0 Å². The highest BCUT2D eigenvalue weighted by Gasteiger charge is 1.98. The van der Waals surface area contributed by atoms with Crippen LogP contribution in [0.15, 0.2) is 65.7 Å². The van der Waals surface area contributed by atoms with Crippen molar-refractivity contribution in [2.24, 2.45) is 4.99 Å². The molecule has 0 aliphatic rings. The maximum Gasteiger partial charge on any atom is 0.191 e. The van der Waals surface area contributed by atoms with Gasteiger partial charge < -0.3 is 15.4 Å². The molecule has 0 heterocycles. The second-order valence-electron chi connectivity index (χ2n) is 5.58. The van der Waals surface area contributed by atoms with Crippen LogP contribution in [0.4, 0.5) is 0 Å². The molecule has 0 saturated carbocycles. The van der Waals surface area contributed by atoms with Crippen LogP contribution in [0.5, 0.6) is 0 Å². The molecule has 0 aliphatic heterocycles. The van der Waals surface area contributed by atoms with Crippen LogP contribution >= 0.6 is 0 Å². The minimum Gasteiger partial charge on any atom is -0.377 e. The third-order valence-corrected chi connectivity index (χ3v) is 3.65. The summed E-state index contributed by atoms with van der Waals surface area (Å²) in [6.45, 7) is 3.14. The van der Waals surface area contributed by atoms with Gasteiger partial charge in [-0.25, -0.2) is 0 Å². The van der Waals surface area contributed by atoms with Gasteiger partial charge in [-0.1, -0.05) is 60.7 Å². The van der Waals surface area contributed by atoms with Crippen molar-refractivity contribution in [3.8, 4) is 0 Å². The Balaban J connectivity index is 1.51. The summed E-state index contributed by atoms with van der Waals surface area (Å²) in [6.07, 6.45) is 2.09. The Labute approximate surface area is 145 Å². The van der Waals surface area contributed by atoms with E-state index in [1.807, 2.05) is 36.4 Å². The lowest BCUT2D eigenvalue weighted by molar-refractivity contribution is 0.117. The maximum atomic E-state index is 5.68. The van der Waals surface area contributed by atoms with Gasteiger partial charge in [-0.15, -0.1) is 0 Å². The number of ether oxygens (including phenoxy) is 1. The summed E-state index contributed by atoms with van der Waals surface area (Å²) in [6, 6.07) is 20.6. The molecule has 4 heteroatoms. The summed E-state index contributed by atoms with van der Waals surface area (Å²) in [7, 11) is 1.79. The van der Waals surface area contributed by atoms with Crippen LogP contribution in [0.1, 0.15) is 24.0 Å². The van der Waals surface area contributed by atoms with Crippen LogP contribution in [-0.4, -0.2) is 26.2 Å². The summed E-state index contributed by atoms with van der Waals surface area (Å²) in [5.74, 6) is 0.837. The number of nitrogens with zero attached hydrogens (tertiary/aromatic N) is 1. The smallest absolute Gasteiger partial charge is 0.191 e. The van der Waals surface area contributed by atoms with Crippen molar-refractivity contribution in [1.82, 2.24) is 10.6 Å². The first-order valence-corrected chi connectivity index (χ1v) is 8.48. The summed E-state index contributed by atoms with van der Waals surface area (Å²) >= 11 is 0. The van der Waals surface area contributed by atoms with E-state index >= 15 is 0 Å². The number of aliphatic imine (C=N–C) groups is 1. The lowest BCUT2D eigenvalue weighted by Gasteiger charge is -2.12. The van der Waals surface area contributed by atoms with Crippen LogP contribution in [-0.2, 0) is 17.9 Å². The first-order chi connectivity index (χ1) is 11.9. The normalized spacial score (nSPS) is 11.3. The third kappa shape index (κ3) is 7.29. The van der Waals surface area contributed by atoms with Gasteiger partial charge in [-0.05, 0) is 24.0 Å². The second kappa shape index (κ2) is 11.2. The highest BCUT2D eigenvalue weighted by Crippen LogP contribution is 2.01. The Morgan fingerprint density at radius 2 is 1.54 bits per heavy atom. The Morgan fingerprint density at radius 1 is 0.875 bits per heavy atom. The molecule has 2 aromatic rings. The molecule has 0 unspecified atom stereocenters. The topological polar surface area (TPSA) is 45.7 Å². The summed E-state index contributed by atoms with van der Waals surface area (Å²) < 4.78 is 5.68. The minimum absolute atomic E-state index is 0.689. The Bertz CT molecular complexity index is 584. The van der Waals surface area contributed by atoms with Crippen molar-refractivity contribution in [3.63, 3.8) is 0 Å². The highest BCUT2D eigenvalue weighted by molar-refractivity contribution is 5.79. The Morgan fingerprint density at radius 3 is 2.21 bits per heavy atom. The molecule has 0 fully saturated rings. The van der Waals surface area contributed by atoms with Crippen molar-refractivity contribution in [2.75, 3.05) is 20.2 Å². The van der Waals surface area contributed by atoms with Gasteiger partial charge in [0.2, 0.25) is 0 Å². The average Bonchev–Trinajstić information content (AvgIpc) is 2.65. The molecule has 0 saturated heterocycles. The van der Waals surface area contributed by atoms with E-state index in [0.29, 0.717) is 6.61 Å². The minimum atomic E-state index is 0.689. The molecule has 4 nitrogen and oxygen atoms in total. The lowest BCUT2D eigenvalue weighted by atomic mass is 10.2. The number of hydrogen-bond acceptors (Lipinski definition) is 2. The van der Waals surface area contributed by atoms with Crippen LogP contribution < -0.4 is 10.6 Å². The number of rotatable bonds is 9. The van der Waals surface area contributed by atoms with Gasteiger partial charge in [0.15, 0.2) is 5.96 Å². The molecule has 2 aromatic carbocycles. The Kier molecular flexibility index (Phi) is 8.44. The molecular weight excluding hydrogens is 298 g/mol. The third-order valence-electron chi connectivity index (χ3n) is 3.65. The van der Waals surface area contributed by atoms with E-state index in [2.05, 4.69) is 39.9 Å². The van der Waals surface area contributed by atoms with Crippen molar-refractivity contribution < 1.29 is 4.74 Å². The monoisotopic (exact) mass is 325 g/mol. The zero-order valence-electron chi connectivity index (χ0n) is 14.4. The number of unbranched alkanes of at least 4 members (excludes halogenated alkanes) is 1. The predicted molar refractivity (Wildman–Crippen MR) is 100.0 cm³/mol. The SMILES string of the molecule is CN=C(NCCCCOCc1ccccc1)NCc1ccccc1. The highest BCUT2D eigenvalue weighted by atomic mass is 16.5. The van der Waals surface area contributed by atoms with E-state index in [4.69, 9.17) is 4.74 Å². The van der Waals surface area contributed by atoms with Crippen LogP contribution in [0.3, 0.4) is 0 Å². The molecule has 2 rings (SSSR count). The zero-order valence-corrected chi connectivity index (χ0v) is 14.4. The standard InChI is InChI=1S/C20H27N3O/c1-21-20(23-16-18-10-4-2-5-11-18)22-14-8-9-15-24-17-19-12-6-3-7-13-19/h2-7,10-13H,8-9,14-17H2,1H3,(H2,21,22,23). The summed E-state index contributed by atoms with van der Waals surface area (Å²) in [4.78, 5) is 4.24. The van der Waals surface area contributed by atoms with Crippen LogP contribution in [0.2, 0.25) is 0 Å². The molecule has 128 valence electrons. The predicted octanol–water partition coefficient (Wildman–Crippen LogP) is 3.35. The molecule has 24 heavy (non-hydrogen) atoms. The maximum absolute atomic E-state index is 5.68. The van der Waals surface area contributed by atoms with Crippen LogP contribution in [0, 0.1) is 0 Å². The largest absolute Gasteiger partial charge is 0.377 e. The van der Waals surface area contributed by atoms with Gasteiger partial charge in [-0.3, -0.25) is 4.99 Å². The first-order valence-electron chi connectivity index (χ1n) is 8.48. The van der Waals surface area contributed by atoms with Gasteiger partial charge in [0, 0.05) is 26.7 Å². The van der Waals surface area contributed by atoms with E-state index in [0.717, 1.165) is 38.5 Å². The van der Waals surface area contributed by atoms with Gasteiger partial charge in [0.05, 0.1) is 6.61 Å². The molecule has 0 atom stereocenters. The lowest BCUT2D eigenvalue weighted by Crippen LogP contribution is -2.37. The number of nitrogens with one attached hydrogen (secondary N) is 2. The summed E-state index contributed by atoms with van der Waals surface area (Å²) in [5.41, 5.74) is 2.47. The molecule has 0 aliphatic carbocycles. The fourth-order valence-corrected chi connectivity index (χ4v) is 2.30. The van der Waals surface area contributed by atoms with Gasteiger partial charge in [0.25, 0.3) is 0 Å². The summed E-state index contributed by atoms with van der Waals surface area (Å²) in [5, 5.41) is 6.65. The van der Waals surface area contributed by atoms with E-state index in [-0.39, 0.29) is 0 Å². The second-order valence-corrected chi connectivity index (χ2v) is 5.58. The quantitative estimate of drug-likeness (QED) is 0.422. The van der Waals surface area contributed by atoms with Crippen molar-refractivity contribution >= 4 is 5.96 Å². The van der Waals surface area contributed by atoms with E-state index in [9.17, 15) is 0 Å². The molecule has 0 radical (unpaired) electrons. The van der Waals surface area contributed by atoms with Crippen molar-refractivity contribution in [1.29, 1.82) is 0 Å². The van der Waals surface area contributed by atoms with Gasteiger partial charge >= 0.3 is 0 Å². The van der Waals surface area contributed by atoms with Crippen molar-refractivity contribution in [3.05, 3.63) is 71.8 Å². The molecule has 0 aromatic heterocycles. The number of hydrogen-bond donors (Lipinski definition) is 2. The average molecular weight is 325 g/mol. The van der Waals surface area contributed by atoms with E-state index in [1.165, 1.54) is 11.1 Å². The first kappa shape index (κ1) is 18.0. The van der Waals surface area contributed by atoms with Crippen LogP contribution in [0.25, 0.3) is 0 Å². The molecule has 0 bridgehead atoms. The van der Waals surface area contributed by atoms with E-state index in [1.54, 1.807) is 7.05 Å². The molecule has 2 N–H and O–H groups in total. The number of guanidine groups is 1. The molecular formula is C20H27N3O.